The van der Waals surface area contributed by atoms with Crippen LogP contribution in [-0.2, 0) is 6.42 Å². The minimum Gasteiger partial charge on any atom is -0.387 e. The fourth-order valence-corrected chi connectivity index (χ4v) is 2.51. The lowest BCUT2D eigenvalue weighted by Gasteiger charge is -2.11. The van der Waals surface area contributed by atoms with E-state index >= 15 is 0 Å². The van der Waals surface area contributed by atoms with Crippen LogP contribution in [-0.4, -0.2) is 27.7 Å². The molecular formula is C14H18N4O2S. The summed E-state index contributed by atoms with van der Waals surface area (Å²) < 4.78 is 0. The van der Waals surface area contributed by atoms with Gasteiger partial charge in [-0.05, 0) is 24.1 Å². The van der Waals surface area contributed by atoms with Gasteiger partial charge in [-0.25, -0.2) is 9.78 Å². The van der Waals surface area contributed by atoms with Crippen LogP contribution < -0.4 is 10.6 Å². The Morgan fingerprint density at radius 1 is 1.43 bits per heavy atom. The molecule has 0 aliphatic carbocycles. The molecule has 0 radical (unpaired) electrons. The molecule has 21 heavy (non-hydrogen) atoms. The number of urea groups is 1. The van der Waals surface area contributed by atoms with E-state index in [1.54, 1.807) is 24.5 Å². The third-order valence-corrected chi connectivity index (χ3v) is 3.63. The molecule has 1 atom stereocenters. The number of aliphatic hydroxyl groups is 1. The van der Waals surface area contributed by atoms with E-state index < -0.39 is 6.10 Å². The number of thiazole rings is 1. The van der Waals surface area contributed by atoms with Gasteiger partial charge in [0.25, 0.3) is 0 Å². The number of amides is 2. The number of hydrogen-bond donors (Lipinski definition) is 3. The predicted molar refractivity (Wildman–Crippen MR) is 82.3 cm³/mol. The maximum absolute atomic E-state index is 11.7. The average molecular weight is 306 g/mol. The summed E-state index contributed by atoms with van der Waals surface area (Å²) >= 11 is 1.39. The lowest BCUT2D eigenvalue weighted by atomic mass is 10.1. The first kappa shape index (κ1) is 15.4. The highest BCUT2D eigenvalue weighted by Crippen LogP contribution is 2.16. The lowest BCUT2D eigenvalue weighted by Crippen LogP contribution is -2.32. The summed E-state index contributed by atoms with van der Waals surface area (Å²) in [6.45, 7) is 2.21. The molecule has 2 amide bonds. The van der Waals surface area contributed by atoms with Gasteiger partial charge in [-0.2, -0.15) is 0 Å². The second-order valence-electron chi connectivity index (χ2n) is 4.53. The number of aromatic nitrogens is 2. The zero-order valence-electron chi connectivity index (χ0n) is 11.7. The number of anilines is 1. The van der Waals surface area contributed by atoms with Crippen molar-refractivity contribution in [1.29, 1.82) is 0 Å². The largest absolute Gasteiger partial charge is 0.387 e. The summed E-state index contributed by atoms with van der Waals surface area (Å²) in [4.78, 5) is 19.9. The first-order chi connectivity index (χ1) is 10.2. The van der Waals surface area contributed by atoms with Gasteiger partial charge in [0.05, 0.1) is 11.8 Å². The van der Waals surface area contributed by atoms with Gasteiger partial charge in [-0.15, -0.1) is 11.3 Å². The molecule has 2 aromatic rings. The summed E-state index contributed by atoms with van der Waals surface area (Å²) in [5, 5.41) is 17.7. The zero-order valence-corrected chi connectivity index (χ0v) is 12.6. The molecule has 6 nitrogen and oxygen atoms in total. The van der Waals surface area contributed by atoms with Crippen LogP contribution in [0.1, 0.15) is 30.7 Å². The summed E-state index contributed by atoms with van der Waals surface area (Å²) in [6, 6.07) is 3.05. The number of aliphatic hydroxyl groups excluding tert-OH is 1. The normalized spacial score (nSPS) is 11.9. The third-order valence-electron chi connectivity index (χ3n) is 2.83. The average Bonchev–Trinajstić information content (AvgIpc) is 2.93. The van der Waals surface area contributed by atoms with Gasteiger partial charge < -0.3 is 10.4 Å². The van der Waals surface area contributed by atoms with Crippen LogP contribution in [0.4, 0.5) is 9.93 Å². The Morgan fingerprint density at radius 2 is 2.19 bits per heavy atom. The number of aryl methyl sites for hydroxylation is 1. The van der Waals surface area contributed by atoms with E-state index in [2.05, 4.69) is 27.5 Å². The van der Waals surface area contributed by atoms with Crippen LogP contribution in [0.2, 0.25) is 0 Å². The van der Waals surface area contributed by atoms with Gasteiger partial charge in [0, 0.05) is 24.3 Å². The number of hydrogen-bond acceptors (Lipinski definition) is 5. The molecule has 0 fully saturated rings. The smallest absolute Gasteiger partial charge is 0.321 e. The second-order valence-corrected chi connectivity index (χ2v) is 5.38. The highest BCUT2D eigenvalue weighted by molar-refractivity contribution is 7.13. The molecule has 2 rings (SSSR count). The Bertz CT molecular complexity index is 573. The number of pyridine rings is 1. The molecule has 112 valence electrons. The first-order valence-corrected chi connectivity index (χ1v) is 7.64. The molecule has 1 unspecified atom stereocenters. The SMILES string of the molecule is CCCc1csc(NC(=O)NCC(O)c2ccncc2)n1. The molecule has 3 N–H and O–H groups in total. The summed E-state index contributed by atoms with van der Waals surface area (Å²) in [7, 11) is 0. The Hall–Kier alpha value is -1.99. The standard InChI is InChI=1S/C14H18N4O2S/c1-2-3-11-9-21-14(17-11)18-13(20)16-8-12(19)10-4-6-15-7-5-10/h4-7,9,12,19H,2-3,8H2,1H3,(H2,16,17,18,20). The van der Waals surface area contributed by atoms with Gasteiger partial charge in [0.1, 0.15) is 0 Å². The van der Waals surface area contributed by atoms with Crippen molar-refractivity contribution in [2.45, 2.75) is 25.9 Å². The third kappa shape index (κ3) is 4.80. The van der Waals surface area contributed by atoms with Crippen molar-refractivity contribution in [3.63, 3.8) is 0 Å². The van der Waals surface area contributed by atoms with Crippen LogP contribution in [0, 0.1) is 0 Å². The fraction of sp³-hybridized carbons (Fsp3) is 0.357. The van der Waals surface area contributed by atoms with Crippen LogP contribution >= 0.6 is 11.3 Å². The monoisotopic (exact) mass is 306 g/mol. The number of nitrogens with one attached hydrogen (secondary N) is 2. The van der Waals surface area contributed by atoms with E-state index in [9.17, 15) is 9.90 Å². The van der Waals surface area contributed by atoms with Gasteiger partial charge in [0.2, 0.25) is 0 Å². The fourth-order valence-electron chi connectivity index (χ4n) is 1.77. The summed E-state index contributed by atoms with van der Waals surface area (Å²) in [5.74, 6) is 0. The Balaban J connectivity index is 1.79. The highest BCUT2D eigenvalue weighted by atomic mass is 32.1. The number of carbonyl (C=O) groups is 1. The molecule has 0 spiro atoms. The Labute approximate surface area is 127 Å². The zero-order chi connectivity index (χ0) is 15.1. The van der Waals surface area contributed by atoms with E-state index in [4.69, 9.17) is 0 Å². The van der Waals surface area contributed by atoms with Gasteiger partial charge >= 0.3 is 6.03 Å². The van der Waals surface area contributed by atoms with Crippen LogP contribution in [0.25, 0.3) is 0 Å². The molecule has 0 aliphatic heterocycles. The number of rotatable bonds is 6. The first-order valence-electron chi connectivity index (χ1n) is 6.76. The van der Waals surface area contributed by atoms with Crippen molar-refractivity contribution in [3.05, 3.63) is 41.2 Å². The van der Waals surface area contributed by atoms with Crippen molar-refractivity contribution < 1.29 is 9.90 Å². The second kappa shape index (κ2) is 7.70. The Kier molecular flexibility index (Phi) is 5.65. The molecule has 7 heteroatoms. The predicted octanol–water partition coefficient (Wildman–Crippen LogP) is 2.35. The van der Waals surface area contributed by atoms with Crippen molar-refractivity contribution in [3.8, 4) is 0 Å². The minimum atomic E-state index is -0.759. The van der Waals surface area contributed by atoms with Gasteiger partial charge in [-0.1, -0.05) is 13.3 Å². The van der Waals surface area contributed by atoms with Crippen LogP contribution in [0.5, 0.6) is 0 Å². The van der Waals surface area contributed by atoms with Gasteiger partial charge in [0.15, 0.2) is 5.13 Å². The van der Waals surface area contributed by atoms with E-state index in [1.165, 1.54) is 11.3 Å². The molecule has 0 saturated heterocycles. The van der Waals surface area contributed by atoms with Crippen LogP contribution in [0.15, 0.2) is 29.9 Å². The van der Waals surface area contributed by atoms with Gasteiger partial charge in [-0.3, -0.25) is 10.3 Å². The van der Waals surface area contributed by atoms with Crippen LogP contribution in [0.3, 0.4) is 0 Å². The van der Waals surface area contributed by atoms with Crippen molar-refractivity contribution in [2.75, 3.05) is 11.9 Å². The summed E-state index contributed by atoms with van der Waals surface area (Å²) in [5.41, 5.74) is 1.69. The number of carbonyl (C=O) groups excluding carboxylic acids is 1. The minimum absolute atomic E-state index is 0.128. The Morgan fingerprint density at radius 3 is 2.90 bits per heavy atom. The molecule has 0 aromatic carbocycles. The lowest BCUT2D eigenvalue weighted by molar-refractivity contribution is 0.175. The molecule has 0 aliphatic rings. The van der Waals surface area contributed by atoms with Crippen molar-refractivity contribution >= 4 is 22.5 Å². The topological polar surface area (TPSA) is 87.1 Å². The van der Waals surface area contributed by atoms with E-state index in [1.807, 2.05) is 5.38 Å². The van der Waals surface area contributed by atoms with E-state index in [0.29, 0.717) is 10.7 Å². The van der Waals surface area contributed by atoms with Crippen molar-refractivity contribution in [1.82, 2.24) is 15.3 Å². The summed E-state index contributed by atoms with van der Waals surface area (Å²) in [6.07, 6.45) is 4.37. The quantitative estimate of drug-likeness (QED) is 0.764. The highest BCUT2D eigenvalue weighted by Gasteiger charge is 2.10. The molecule has 2 heterocycles. The maximum atomic E-state index is 11.7. The molecule has 0 bridgehead atoms. The number of nitrogens with zero attached hydrogens (tertiary/aromatic N) is 2. The van der Waals surface area contributed by atoms with Crippen molar-refractivity contribution in [2.24, 2.45) is 0 Å². The van der Waals surface area contributed by atoms with E-state index in [0.717, 1.165) is 18.5 Å². The van der Waals surface area contributed by atoms with E-state index in [-0.39, 0.29) is 12.6 Å². The maximum Gasteiger partial charge on any atom is 0.321 e. The molecule has 2 aromatic heterocycles. The molecular weight excluding hydrogens is 288 g/mol. The molecule has 0 saturated carbocycles.